The molecule has 1 rings (SSSR count). The van der Waals surface area contributed by atoms with Gasteiger partial charge < -0.3 is 10.8 Å². The number of aliphatic hydroxyl groups excluding tert-OH is 1. The van der Waals surface area contributed by atoms with Gasteiger partial charge in [0.25, 0.3) is 0 Å². The number of hydrogen-bond donors (Lipinski definition) is 2. The van der Waals surface area contributed by atoms with E-state index in [2.05, 4.69) is 4.98 Å². The molecule has 0 amide bonds. The van der Waals surface area contributed by atoms with Crippen LogP contribution in [0.3, 0.4) is 0 Å². The van der Waals surface area contributed by atoms with Crippen molar-refractivity contribution < 1.29 is 5.11 Å². The molecule has 3 N–H and O–H groups in total. The van der Waals surface area contributed by atoms with Gasteiger partial charge in [-0.2, -0.15) is 0 Å². The summed E-state index contributed by atoms with van der Waals surface area (Å²) in [5, 5.41) is 9.61. The Kier molecular flexibility index (Phi) is 4.04. The van der Waals surface area contributed by atoms with Gasteiger partial charge >= 0.3 is 0 Å². The summed E-state index contributed by atoms with van der Waals surface area (Å²) < 4.78 is 0. The van der Waals surface area contributed by atoms with Crippen molar-refractivity contribution in [1.29, 1.82) is 0 Å². The molecule has 0 saturated heterocycles. The van der Waals surface area contributed by atoms with Crippen molar-refractivity contribution in [2.75, 3.05) is 0 Å². The summed E-state index contributed by atoms with van der Waals surface area (Å²) in [4.78, 5) is 4.24. The van der Waals surface area contributed by atoms with E-state index in [4.69, 9.17) is 5.73 Å². The van der Waals surface area contributed by atoms with Gasteiger partial charge in [-0.3, -0.25) is 4.98 Å². The minimum atomic E-state index is -0.452. The SMILES string of the molecule is CC(CC(O)C(C)N)c1ccccn1. The fraction of sp³-hybridized carbons (Fsp3) is 0.545. The molecule has 0 spiro atoms. The Balaban J connectivity index is 2.55. The van der Waals surface area contributed by atoms with E-state index < -0.39 is 6.10 Å². The molecule has 0 aliphatic rings. The van der Waals surface area contributed by atoms with Crippen molar-refractivity contribution in [3.63, 3.8) is 0 Å². The zero-order valence-corrected chi connectivity index (χ0v) is 8.72. The Morgan fingerprint density at radius 2 is 2.14 bits per heavy atom. The quantitative estimate of drug-likeness (QED) is 0.759. The number of hydrogen-bond acceptors (Lipinski definition) is 3. The fourth-order valence-electron chi connectivity index (χ4n) is 1.37. The summed E-state index contributed by atoms with van der Waals surface area (Å²) in [6.07, 6.45) is 1.98. The molecule has 1 aromatic rings. The maximum atomic E-state index is 9.61. The number of nitrogens with zero attached hydrogens (tertiary/aromatic N) is 1. The number of pyridine rings is 1. The molecule has 0 aromatic carbocycles. The lowest BCUT2D eigenvalue weighted by Gasteiger charge is -2.18. The van der Waals surface area contributed by atoms with Crippen LogP contribution in [0.1, 0.15) is 31.9 Å². The summed E-state index contributed by atoms with van der Waals surface area (Å²) in [5.41, 5.74) is 6.60. The third kappa shape index (κ3) is 3.09. The standard InChI is InChI=1S/C11H18N2O/c1-8(7-11(14)9(2)12)10-5-3-4-6-13-10/h3-6,8-9,11,14H,7,12H2,1-2H3. The second-order valence-electron chi connectivity index (χ2n) is 3.82. The van der Waals surface area contributed by atoms with Crippen molar-refractivity contribution in [3.05, 3.63) is 30.1 Å². The van der Waals surface area contributed by atoms with Gasteiger partial charge in [0.2, 0.25) is 0 Å². The van der Waals surface area contributed by atoms with Gasteiger partial charge in [-0.15, -0.1) is 0 Å². The van der Waals surface area contributed by atoms with Gasteiger partial charge in [-0.05, 0) is 25.5 Å². The summed E-state index contributed by atoms with van der Waals surface area (Å²) in [6.45, 7) is 3.86. The van der Waals surface area contributed by atoms with Gasteiger partial charge in [-0.1, -0.05) is 13.0 Å². The Labute approximate surface area is 85.0 Å². The van der Waals surface area contributed by atoms with Crippen LogP contribution in [-0.2, 0) is 0 Å². The maximum Gasteiger partial charge on any atom is 0.0694 e. The smallest absolute Gasteiger partial charge is 0.0694 e. The van der Waals surface area contributed by atoms with E-state index in [-0.39, 0.29) is 12.0 Å². The maximum absolute atomic E-state index is 9.61. The minimum absolute atomic E-state index is 0.179. The molecule has 3 atom stereocenters. The lowest BCUT2D eigenvalue weighted by atomic mass is 9.96. The monoisotopic (exact) mass is 194 g/mol. The molecule has 3 heteroatoms. The second-order valence-corrected chi connectivity index (χ2v) is 3.82. The van der Waals surface area contributed by atoms with Crippen LogP contribution in [0.4, 0.5) is 0 Å². The van der Waals surface area contributed by atoms with E-state index in [1.165, 1.54) is 0 Å². The molecular formula is C11H18N2O. The molecule has 0 bridgehead atoms. The lowest BCUT2D eigenvalue weighted by molar-refractivity contribution is 0.134. The van der Waals surface area contributed by atoms with E-state index in [0.29, 0.717) is 6.42 Å². The van der Waals surface area contributed by atoms with E-state index in [1.807, 2.05) is 32.0 Å². The van der Waals surface area contributed by atoms with Crippen molar-refractivity contribution in [1.82, 2.24) is 4.98 Å². The highest BCUT2D eigenvalue weighted by molar-refractivity contribution is 5.08. The zero-order chi connectivity index (χ0) is 10.6. The first-order chi connectivity index (χ1) is 6.61. The predicted octanol–water partition coefficient (Wildman–Crippen LogP) is 1.28. The van der Waals surface area contributed by atoms with Gasteiger partial charge in [0.05, 0.1) is 6.10 Å². The number of aliphatic hydroxyl groups is 1. The first kappa shape index (κ1) is 11.1. The van der Waals surface area contributed by atoms with Crippen LogP contribution in [0.15, 0.2) is 24.4 Å². The molecule has 0 fully saturated rings. The van der Waals surface area contributed by atoms with Crippen LogP contribution < -0.4 is 5.73 Å². The number of nitrogens with two attached hydrogens (primary N) is 1. The van der Waals surface area contributed by atoms with Crippen molar-refractivity contribution in [3.8, 4) is 0 Å². The Morgan fingerprint density at radius 1 is 1.43 bits per heavy atom. The first-order valence-corrected chi connectivity index (χ1v) is 4.96. The topological polar surface area (TPSA) is 59.1 Å². The Hall–Kier alpha value is -0.930. The van der Waals surface area contributed by atoms with E-state index >= 15 is 0 Å². The molecule has 0 radical (unpaired) electrons. The third-order valence-corrected chi connectivity index (χ3v) is 2.39. The molecule has 1 aromatic heterocycles. The Morgan fingerprint density at radius 3 is 2.64 bits per heavy atom. The first-order valence-electron chi connectivity index (χ1n) is 4.96. The summed E-state index contributed by atoms with van der Waals surface area (Å²) in [5.74, 6) is 0.247. The van der Waals surface area contributed by atoms with Gasteiger partial charge in [0, 0.05) is 23.9 Å². The van der Waals surface area contributed by atoms with Gasteiger partial charge in [0.15, 0.2) is 0 Å². The van der Waals surface area contributed by atoms with Crippen LogP contribution in [0.2, 0.25) is 0 Å². The van der Waals surface area contributed by atoms with E-state index in [0.717, 1.165) is 5.69 Å². The highest BCUT2D eigenvalue weighted by Gasteiger charge is 2.15. The predicted molar refractivity (Wildman–Crippen MR) is 56.9 cm³/mol. The highest BCUT2D eigenvalue weighted by atomic mass is 16.3. The summed E-state index contributed by atoms with van der Waals surface area (Å²) in [7, 11) is 0. The highest BCUT2D eigenvalue weighted by Crippen LogP contribution is 2.18. The van der Waals surface area contributed by atoms with E-state index in [9.17, 15) is 5.11 Å². The molecule has 3 nitrogen and oxygen atoms in total. The van der Waals surface area contributed by atoms with Crippen LogP contribution in [-0.4, -0.2) is 22.2 Å². The van der Waals surface area contributed by atoms with Crippen molar-refractivity contribution in [2.45, 2.75) is 38.3 Å². The summed E-state index contributed by atoms with van der Waals surface area (Å²) in [6, 6.07) is 5.63. The minimum Gasteiger partial charge on any atom is -0.392 e. The molecule has 0 aliphatic carbocycles. The molecule has 78 valence electrons. The molecule has 0 saturated carbocycles. The summed E-state index contributed by atoms with van der Waals surface area (Å²) >= 11 is 0. The second kappa shape index (κ2) is 5.08. The van der Waals surface area contributed by atoms with Crippen LogP contribution >= 0.6 is 0 Å². The largest absolute Gasteiger partial charge is 0.392 e. The average Bonchev–Trinajstić information content (AvgIpc) is 2.19. The molecular weight excluding hydrogens is 176 g/mol. The molecule has 14 heavy (non-hydrogen) atoms. The van der Waals surface area contributed by atoms with Crippen LogP contribution in [0.5, 0.6) is 0 Å². The average molecular weight is 194 g/mol. The zero-order valence-electron chi connectivity index (χ0n) is 8.72. The van der Waals surface area contributed by atoms with Crippen LogP contribution in [0.25, 0.3) is 0 Å². The van der Waals surface area contributed by atoms with Crippen LogP contribution in [0, 0.1) is 0 Å². The third-order valence-electron chi connectivity index (χ3n) is 2.39. The van der Waals surface area contributed by atoms with Crippen molar-refractivity contribution in [2.24, 2.45) is 5.73 Å². The number of rotatable bonds is 4. The van der Waals surface area contributed by atoms with Crippen molar-refractivity contribution >= 4 is 0 Å². The fourth-order valence-corrected chi connectivity index (χ4v) is 1.37. The lowest BCUT2D eigenvalue weighted by Crippen LogP contribution is -2.32. The van der Waals surface area contributed by atoms with Gasteiger partial charge in [0.1, 0.15) is 0 Å². The van der Waals surface area contributed by atoms with E-state index in [1.54, 1.807) is 6.20 Å². The molecule has 0 aliphatic heterocycles. The Bertz CT molecular complexity index is 261. The number of aromatic nitrogens is 1. The molecule has 1 heterocycles. The molecule has 3 unspecified atom stereocenters. The van der Waals surface area contributed by atoms with Gasteiger partial charge in [-0.25, -0.2) is 0 Å². The normalized spacial score (nSPS) is 17.4.